The number of ether oxygens (including phenoxy) is 2. The van der Waals surface area contributed by atoms with E-state index in [1.54, 1.807) is 0 Å². The molecule has 0 bridgehead atoms. The summed E-state index contributed by atoms with van der Waals surface area (Å²) in [5.41, 5.74) is 8.44. The fourth-order valence-electron chi connectivity index (χ4n) is 5.86. The SMILES string of the molecule is CC(C)[C@H]1COC(=O)N1C(=O)C[C@H]1[C@H]([C@H](N=[N+]=[N-])C(=O)N2C(=O)OC[C@@H]2C(C)C)[Si](C)(C)O[Si]1(C)C. The van der Waals surface area contributed by atoms with Crippen LogP contribution in [-0.4, -0.2) is 81.8 Å². The molecular formula is C22H37N5O7Si2. The molecule has 3 aliphatic heterocycles. The zero-order valence-corrected chi connectivity index (χ0v) is 24.3. The summed E-state index contributed by atoms with van der Waals surface area (Å²) in [4.78, 5) is 57.5. The third-order valence-electron chi connectivity index (χ3n) is 7.68. The maximum Gasteiger partial charge on any atom is 0.416 e. The van der Waals surface area contributed by atoms with Crippen molar-refractivity contribution in [3.05, 3.63) is 10.4 Å². The fourth-order valence-corrected chi connectivity index (χ4v) is 18.6. The molecular weight excluding hydrogens is 502 g/mol. The molecule has 0 aromatic carbocycles. The molecule has 0 aromatic heterocycles. The van der Waals surface area contributed by atoms with Gasteiger partial charge in [0, 0.05) is 11.3 Å². The Kier molecular flexibility index (Phi) is 7.94. The van der Waals surface area contributed by atoms with Gasteiger partial charge in [-0.25, -0.2) is 19.4 Å². The monoisotopic (exact) mass is 539 g/mol. The van der Waals surface area contributed by atoms with Gasteiger partial charge in [-0.3, -0.25) is 9.59 Å². The Morgan fingerprint density at radius 1 is 0.972 bits per heavy atom. The number of hydrogen-bond acceptors (Lipinski definition) is 8. The lowest BCUT2D eigenvalue weighted by Crippen LogP contribution is -2.51. The molecule has 0 spiro atoms. The lowest BCUT2D eigenvalue weighted by atomic mass is 10.0. The minimum Gasteiger partial charge on any atom is -0.455 e. The van der Waals surface area contributed by atoms with Crippen LogP contribution in [0.15, 0.2) is 5.11 Å². The Morgan fingerprint density at radius 2 is 1.47 bits per heavy atom. The number of azide groups is 1. The number of carbonyl (C=O) groups is 4. The Morgan fingerprint density at radius 3 is 1.97 bits per heavy atom. The van der Waals surface area contributed by atoms with Crippen LogP contribution < -0.4 is 0 Å². The normalized spacial score (nSPS) is 29.8. The maximum atomic E-state index is 13.8. The smallest absolute Gasteiger partial charge is 0.416 e. The van der Waals surface area contributed by atoms with Crippen LogP contribution in [0.25, 0.3) is 10.4 Å². The van der Waals surface area contributed by atoms with Gasteiger partial charge in [0.1, 0.15) is 19.3 Å². The summed E-state index contributed by atoms with van der Waals surface area (Å²) in [6.07, 6.45) is -1.48. The van der Waals surface area contributed by atoms with E-state index in [1.165, 1.54) is 4.90 Å². The van der Waals surface area contributed by atoms with Crippen LogP contribution in [0.4, 0.5) is 9.59 Å². The van der Waals surface area contributed by atoms with E-state index in [9.17, 15) is 24.7 Å². The van der Waals surface area contributed by atoms with E-state index in [0.717, 1.165) is 4.90 Å². The highest BCUT2D eigenvalue weighted by atomic mass is 28.4. The van der Waals surface area contributed by atoms with Crippen molar-refractivity contribution >= 4 is 40.6 Å². The zero-order chi connectivity index (χ0) is 27.2. The van der Waals surface area contributed by atoms with Crippen molar-refractivity contribution in [2.24, 2.45) is 17.0 Å². The number of rotatable bonds is 7. The van der Waals surface area contributed by atoms with Gasteiger partial charge < -0.3 is 13.6 Å². The highest BCUT2D eigenvalue weighted by molar-refractivity contribution is 6.92. The number of nitrogens with zero attached hydrogens (tertiary/aromatic N) is 5. The highest BCUT2D eigenvalue weighted by Gasteiger charge is 2.62. The van der Waals surface area contributed by atoms with Crippen molar-refractivity contribution in [2.45, 2.75) is 89.5 Å². The van der Waals surface area contributed by atoms with Gasteiger partial charge in [-0.15, -0.1) is 0 Å². The summed E-state index contributed by atoms with van der Waals surface area (Å²) < 4.78 is 16.9. The van der Waals surface area contributed by atoms with Gasteiger partial charge in [0.2, 0.25) is 11.8 Å². The predicted molar refractivity (Wildman–Crippen MR) is 135 cm³/mol. The summed E-state index contributed by atoms with van der Waals surface area (Å²) in [6, 6.07) is -2.09. The van der Waals surface area contributed by atoms with Crippen LogP contribution in [0, 0.1) is 11.8 Å². The highest BCUT2D eigenvalue weighted by Crippen LogP contribution is 2.55. The van der Waals surface area contributed by atoms with Gasteiger partial charge in [-0.05, 0) is 54.6 Å². The summed E-state index contributed by atoms with van der Waals surface area (Å²) in [7, 11) is -5.30. The van der Waals surface area contributed by atoms with Crippen LogP contribution in [0.5, 0.6) is 0 Å². The van der Waals surface area contributed by atoms with Crippen LogP contribution in [-0.2, 0) is 23.2 Å². The van der Waals surface area contributed by atoms with Crippen LogP contribution in [0.2, 0.25) is 37.3 Å². The minimum atomic E-state index is -2.71. The standard InChI is InChI=1S/C22H37N5O7Si2/c1-12(2)14-10-32-21(30)26(14)17(28)9-16-19(36(7,8)34-35(16,5)6)18(24-25-23)20(29)27-15(13(3)4)11-33-22(27)31/h12-16,18-19H,9-11H2,1-8H3/t14-,15-,16+,18+,19-/m1/s1. The van der Waals surface area contributed by atoms with Crippen LogP contribution in [0.3, 0.4) is 0 Å². The molecule has 0 aromatic rings. The van der Waals surface area contributed by atoms with Crippen molar-refractivity contribution in [3.63, 3.8) is 0 Å². The lowest BCUT2D eigenvalue weighted by Gasteiger charge is -2.35. The molecule has 0 saturated carbocycles. The van der Waals surface area contributed by atoms with Gasteiger partial charge in [-0.2, -0.15) is 0 Å². The average molecular weight is 540 g/mol. The molecule has 4 amide bonds. The Labute approximate surface area is 213 Å². The van der Waals surface area contributed by atoms with Crippen molar-refractivity contribution in [3.8, 4) is 0 Å². The molecule has 3 aliphatic rings. The topological polar surface area (TPSA) is 151 Å². The number of imide groups is 2. The van der Waals surface area contributed by atoms with Crippen molar-refractivity contribution in [1.82, 2.24) is 9.80 Å². The first-order valence-corrected chi connectivity index (χ1v) is 18.3. The van der Waals surface area contributed by atoms with E-state index in [-0.39, 0.29) is 37.5 Å². The van der Waals surface area contributed by atoms with Gasteiger partial charge in [0.15, 0.2) is 16.6 Å². The van der Waals surface area contributed by atoms with E-state index in [4.69, 9.17) is 13.6 Å². The van der Waals surface area contributed by atoms with E-state index in [0.29, 0.717) is 0 Å². The second-order valence-electron chi connectivity index (χ2n) is 11.5. The first-order chi connectivity index (χ1) is 16.6. The largest absolute Gasteiger partial charge is 0.455 e. The molecule has 0 aliphatic carbocycles. The molecule has 0 N–H and O–H groups in total. The van der Waals surface area contributed by atoms with E-state index in [2.05, 4.69) is 10.0 Å². The molecule has 3 rings (SSSR count). The fraction of sp³-hybridized carbons (Fsp3) is 0.818. The molecule has 3 fully saturated rings. The Bertz CT molecular complexity index is 982. The summed E-state index contributed by atoms with van der Waals surface area (Å²) in [5.74, 6) is -1.07. The number of amides is 4. The minimum absolute atomic E-state index is 0.0127. The van der Waals surface area contributed by atoms with Gasteiger partial charge in [0.05, 0.1) is 12.1 Å². The van der Waals surface area contributed by atoms with Crippen molar-refractivity contribution in [2.75, 3.05) is 13.2 Å². The van der Waals surface area contributed by atoms with E-state index < -0.39 is 63.8 Å². The Hall–Kier alpha value is -2.42. The molecule has 0 unspecified atom stereocenters. The van der Waals surface area contributed by atoms with Crippen molar-refractivity contribution < 1.29 is 32.8 Å². The van der Waals surface area contributed by atoms with Crippen LogP contribution in [0.1, 0.15) is 34.1 Å². The third-order valence-corrected chi connectivity index (χ3v) is 16.9. The van der Waals surface area contributed by atoms with E-state index in [1.807, 2.05) is 53.9 Å². The number of carbonyl (C=O) groups excluding carboxylic acids is 4. The molecule has 200 valence electrons. The molecule has 0 radical (unpaired) electrons. The van der Waals surface area contributed by atoms with Crippen molar-refractivity contribution in [1.29, 1.82) is 0 Å². The van der Waals surface area contributed by atoms with E-state index >= 15 is 0 Å². The lowest BCUT2D eigenvalue weighted by molar-refractivity contribution is -0.132. The molecule has 12 nitrogen and oxygen atoms in total. The molecule has 14 heteroatoms. The first kappa shape index (κ1) is 28.2. The van der Waals surface area contributed by atoms with Crippen LogP contribution >= 0.6 is 0 Å². The Balaban J connectivity index is 2.00. The second-order valence-corrected chi connectivity index (χ2v) is 20.2. The molecule has 3 heterocycles. The summed E-state index contributed by atoms with van der Waals surface area (Å²) in [6.45, 7) is 15.6. The second kappa shape index (κ2) is 10.2. The quantitative estimate of drug-likeness (QED) is 0.203. The summed E-state index contributed by atoms with van der Waals surface area (Å²) >= 11 is 0. The van der Waals surface area contributed by atoms with Gasteiger partial charge >= 0.3 is 12.2 Å². The molecule has 5 atom stereocenters. The number of hydrogen-bond donors (Lipinski definition) is 0. The number of cyclic esters (lactones) is 2. The zero-order valence-electron chi connectivity index (χ0n) is 22.3. The first-order valence-electron chi connectivity index (χ1n) is 12.4. The van der Waals surface area contributed by atoms with Gasteiger partial charge in [0.25, 0.3) is 0 Å². The molecule has 36 heavy (non-hydrogen) atoms. The predicted octanol–water partition coefficient (Wildman–Crippen LogP) is 4.24. The third kappa shape index (κ3) is 5.04. The summed E-state index contributed by atoms with van der Waals surface area (Å²) in [5, 5.41) is 3.90. The average Bonchev–Trinajstić information content (AvgIpc) is 3.38. The molecule has 3 saturated heterocycles. The van der Waals surface area contributed by atoms with Gasteiger partial charge in [-0.1, -0.05) is 32.8 Å². The maximum absolute atomic E-state index is 13.8.